The van der Waals surface area contributed by atoms with E-state index < -0.39 is 17.4 Å². The van der Waals surface area contributed by atoms with E-state index in [0.29, 0.717) is 38.4 Å². The quantitative estimate of drug-likeness (QED) is 0.683. The summed E-state index contributed by atoms with van der Waals surface area (Å²) in [5.74, 6) is 0.584. The van der Waals surface area contributed by atoms with Crippen molar-refractivity contribution in [1.82, 2.24) is 10.9 Å². The topological polar surface area (TPSA) is 85.9 Å². The van der Waals surface area contributed by atoms with Gasteiger partial charge in [-0.2, -0.15) is 0 Å². The molecule has 2 aromatic rings. The second-order valence-electron chi connectivity index (χ2n) is 7.17. The molecule has 7 heteroatoms. The summed E-state index contributed by atoms with van der Waals surface area (Å²) in [5.41, 5.74) is 5.27. The Bertz CT molecular complexity index is 832. The molecular formula is C23H28N2O5. The number of carbonyl (C=O) groups excluding carboxylic acids is 2. The molecule has 1 unspecified atom stereocenters. The monoisotopic (exact) mass is 412 g/mol. The maximum absolute atomic E-state index is 13.1. The van der Waals surface area contributed by atoms with Crippen LogP contribution < -0.4 is 20.3 Å². The van der Waals surface area contributed by atoms with Gasteiger partial charge in [-0.25, -0.2) is 0 Å². The van der Waals surface area contributed by atoms with Crippen LogP contribution in [-0.4, -0.2) is 37.7 Å². The maximum Gasteiger partial charge on any atom is 0.279 e. The Balaban J connectivity index is 1.59. The number of hydrogen-bond acceptors (Lipinski definition) is 5. The van der Waals surface area contributed by atoms with Crippen molar-refractivity contribution in [2.45, 2.75) is 38.2 Å². The highest BCUT2D eigenvalue weighted by Gasteiger charge is 2.42. The van der Waals surface area contributed by atoms with Crippen molar-refractivity contribution >= 4 is 11.8 Å². The summed E-state index contributed by atoms with van der Waals surface area (Å²) in [7, 11) is 0. The van der Waals surface area contributed by atoms with Gasteiger partial charge in [-0.05, 0) is 56.5 Å². The smallest absolute Gasteiger partial charge is 0.279 e. The van der Waals surface area contributed by atoms with Gasteiger partial charge in [-0.3, -0.25) is 20.4 Å². The van der Waals surface area contributed by atoms with E-state index in [9.17, 15) is 9.59 Å². The molecule has 2 aromatic carbocycles. The molecule has 0 saturated carbocycles. The van der Waals surface area contributed by atoms with Gasteiger partial charge in [0.15, 0.2) is 6.10 Å². The predicted molar refractivity (Wildman–Crippen MR) is 112 cm³/mol. The van der Waals surface area contributed by atoms with Gasteiger partial charge >= 0.3 is 0 Å². The number of rotatable bonds is 7. The molecule has 0 radical (unpaired) electrons. The van der Waals surface area contributed by atoms with Crippen LogP contribution in [0.25, 0.3) is 0 Å². The van der Waals surface area contributed by atoms with Crippen LogP contribution in [0.5, 0.6) is 11.5 Å². The molecule has 0 aromatic heterocycles. The Hall–Kier alpha value is -3.06. The molecule has 1 aliphatic heterocycles. The van der Waals surface area contributed by atoms with Crippen LogP contribution in [-0.2, 0) is 19.7 Å². The number of ether oxygens (including phenoxy) is 3. The molecule has 1 aliphatic rings. The number of nitrogens with one attached hydrogen (secondary N) is 2. The summed E-state index contributed by atoms with van der Waals surface area (Å²) in [4.78, 5) is 25.5. The highest BCUT2D eigenvalue weighted by molar-refractivity contribution is 5.91. The van der Waals surface area contributed by atoms with E-state index in [2.05, 4.69) is 10.9 Å². The zero-order valence-electron chi connectivity index (χ0n) is 17.4. The standard InChI is InChI=1S/C23H28N2O5/c1-3-29-19-9-11-20(12-10-19)30-17(2)21(26)24-25-22(27)23(13-15-28-16-14-23)18-7-5-4-6-8-18/h4-12,17H,3,13-16H2,1-2H3,(H,24,26)(H,25,27). The molecule has 160 valence electrons. The zero-order valence-corrected chi connectivity index (χ0v) is 17.4. The lowest BCUT2D eigenvalue weighted by molar-refractivity contribution is -0.137. The van der Waals surface area contributed by atoms with Crippen molar-refractivity contribution < 1.29 is 23.8 Å². The van der Waals surface area contributed by atoms with E-state index in [1.165, 1.54) is 0 Å². The van der Waals surface area contributed by atoms with Crippen molar-refractivity contribution in [3.8, 4) is 11.5 Å². The highest BCUT2D eigenvalue weighted by Crippen LogP contribution is 2.34. The van der Waals surface area contributed by atoms with E-state index >= 15 is 0 Å². The maximum atomic E-state index is 13.1. The molecule has 1 atom stereocenters. The van der Waals surface area contributed by atoms with Gasteiger partial charge < -0.3 is 14.2 Å². The lowest BCUT2D eigenvalue weighted by Crippen LogP contribution is -2.55. The first kappa shape index (κ1) is 21.6. The van der Waals surface area contributed by atoms with Crippen LogP contribution in [0.1, 0.15) is 32.3 Å². The third-order valence-electron chi connectivity index (χ3n) is 5.22. The van der Waals surface area contributed by atoms with Gasteiger partial charge in [0, 0.05) is 13.2 Å². The van der Waals surface area contributed by atoms with Gasteiger partial charge in [-0.1, -0.05) is 30.3 Å². The Labute approximate surface area is 176 Å². The van der Waals surface area contributed by atoms with Crippen LogP contribution in [0.4, 0.5) is 0 Å². The summed E-state index contributed by atoms with van der Waals surface area (Å²) >= 11 is 0. The fraction of sp³-hybridized carbons (Fsp3) is 0.391. The van der Waals surface area contributed by atoms with Gasteiger partial charge in [0.2, 0.25) is 5.91 Å². The molecule has 1 fully saturated rings. The van der Waals surface area contributed by atoms with Crippen LogP contribution >= 0.6 is 0 Å². The normalized spacial score (nSPS) is 16.2. The summed E-state index contributed by atoms with van der Waals surface area (Å²) in [6, 6.07) is 16.6. The number of benzene rings is 2. The first-order valence-electron chi connectivity index (χ1n) is 10.2. The van der Waals surface area contributed by atoms with Gasteiger partial charge in [0.05, 0.1) is 12.0 Å². The van der Waals surface area contributed by atoms with Crippen LogP contribution in [0.15, 0.2) is 54.6 Å². The lowest BCUT2D eigenvalue weighted by Gasteiger charge is -2.36. The van der Waals surface area contributed by atoms with Crippen molar-refractivity contribution in [1.29, 1.82) is 0 Å². The molecule has 2 amide bonds. The van der Waals surface area contributed by atoms with Crippen molar-refractivity contribution in [2.75, 3.05) is 19.8 Å². The molecule has 1 saturated heterocycles. The Morgan fingerprint density at radius 2 is 1.63 bits per heavy atom. The summed E-state index contributed by atoms with van der Waals surface area (Å²) in [6.45, 7) is 5.10. The molecule has 0 aliphatic carbocycles. The number of hydrazine groups is 1. The number of carbonyl (C=O) groups is 2. The molecule has 1 heterocycles. The molecule has 0 spiro atoms. The molecule has 30 heavy (non-hydrogen) atoms. The average molecular weight is 412 g/mol. The second-order valence-corrected chi connectivity index (χ2v) is 7.17. The van der Waals surface area contributed by atoms with E-state index in [1.807, 2.05) is 37.3 Å². The third-order valence-corrected chi connectivity index (χ3v) is 5.22. The van der Waals surface area contributed by atoms with Gasteiger partial charge in [0.25, 0.3) is 5.91 Å². The summed E-state index contributed by atoms with van der Waals surface area (Å²) < 4.78 is 16.5. The molecular weight excluding hydrogens is 384 g/mol. The molecule has 2 N–H and O–H groups in total. The SMILES string of the molecule is CCOc1ccc(OC(C)C(=O)NNC(=O)C2(c3ccccc3)CCOCC2)cc1. The van der Waals surface area contributed by atoms with Crippen LogP contribution in [0.3, 0.4) is 0 Å². The van der Waals surface area contributed by atoms with Gasteiger partial charge in [0.1, 0.15) is 11.5 Å². The largest absolute Gasteiger partial charge is 0.494 e. The molecule has 0 bridgehead atoms. The van der Waals surface area contributed by atoms with Crippen molar-refractivity contribution in [2.24, 2.45) is 0 Å². The summed E-state index contributed by atoms with van der Waals surface area (Å²) in [6.07, 6.45) is 0.319. The fourth-order valence-corrected chi connectivity index (χ4v) is 3.50. The minimum atomic E-state index is -0.786. The number of amides is 2. The Morgan fingerprint density at radius 3 is 2.27 bits per heavy atom. The lowest BCUT2D eigenvalue weighted by atomic mass is 9.73. The Kier molecular flexibility index (Phi) is 7.30. The van der Waals surface area contributed by atoms with E-state index in [0.717, 1.165) is 11.3 Å². The second kappa shape index (κ2) is 10.1. The van der Waals surface area contributed by atoms with E-state index in [1.54, 1.807) is 31.2 Å². The van der Waals surface area contributed by atoms with E-state index in [-0.39, 0.29) is 5.91 Å². The van der Waals surface area contributed by atoms with Gasteiger partial charge in [-0.15, -0.1) is 0 Å². The minimum Gasteiger partial charge on any atom is -0.494 e. The fourth-order valence-electron chi connectivity index (χ4n) is 3.50. The average Bonchev–Trinajstić information content (AvgIpc) is 2.79. The molecule has 3 rings (SSSR count). The van der Waals surface area contributed by atoms with Crippen molar-refractivity contribution in [3.63, 3.8) is 0 Å². The highest BCUT2D eigenvalue weighted by atomic mass is 16.5. The third kappa shape index (κ3) is 5.10. The summed E-state index contributed by atoms with van der Waals surface area (Å²) in [5, 5.41) is 0. The molecule has 7 nitrogen and oxygen atoms in total. The predicted octanol–water partition coefficient (Wildman–Crippen LogP) is 2.75. The van der Waals surface area contributed by atoms with Crippen LogP contribution in [0, 0.1) is 0 Å². The minimum absolute atomic E-state index is 0.251. The number of hydrogen-bond donors (Lipinski definition) is 2. The first-order chi connectivity index (χ1) is 14.5. The first-order valence-corrected chi connectivity index (χ1v) is 10.2. The van der Waals surface area contributed by atoms with Crippen molar-refractivity contribution in [3.05, 3.63) is 60.2 Å². The Morgan fingerprint density at radius 1 is 1.00 bits per heavy atom. The van der Waals surface area contributed by atoms with Crippen LogP contribution in [0.2, 0.25) is 0 Å². The van der Waals surface area contributed by atoms with E-state index in [4.69, 9.17) is 14.2 Å². The zero-order chi connectivity index (χ0) is 21.4.